The molecule has 0 radical (unpaired) electrons. The summed E-state index contributed by atoms with van der Waals surface area (Å²) >= 11 is 0. The number of carbonyl (C=O) groups excluding carboxylic acids is 1. The van der Waals surface area contributed by atoms with Crippen LogP contribution >= 0.6 is 0 Å². The Kier molecular flexibility index (Phi) is 4.31. The molecule has 2 aromatic rings. The van der Waals surface area contributed by atoms with Crippen molar-refractivity contribution in [1.29, 1.82) is 0 Å². The van der Waals surface area contributed by atoms with E-state index in [1.165, 1.54) is 6.39 Å². The van der Waals surface area contributed by atoms with Crippen LogP contribution in [0.5, 0.6) is 11.5 Å². The van der Waals surface area contributed by atoms with Crippen molar-refractivity contribution in [2.24, 2.45) is 0 Å². The molecule has 7 heteroatoms. The van der Waals surface area contributed by atoms with Gasteiger partial charge in [0.15, 0.2) is 29.3 Å². The maximum atomic E-state index is 12.9. The highest BCUT2D eigenvalue weighted by Crippen LogP contribution is 2.35. The predicted octanol–water partition coefficient (Wildman–Crippen LogP) is 1.94. The van der Waals surface area contributed by atoms with Crippen LogP contribution in [0.1, 0.15) is 23.3 Å². The monoisotopic (exact) mass is 343 g/mol. The molecule has 132 valence electrons. The molecule has 3 heterocycles. The van der Waals surface area contributed by atoms with Crippen molar-refractivity contribution in [3.63, 3.8) is 0 Å². The van der Waals surface area contributed by atoms with Gasteiger partial charge in [-0.1, -0.05) is 0 Å². The number of benzene rings is 1. The van der Waals surface area contributed by atoms with E-state index in [0.717, 1.165) is 31.5 Å². The Morgan fingerprint density at radius 3 is 2.72 bits per heavy atom. The molecular weight excluding hydrogens is 322 g/mol. The largest absolute Gasteiger partial charge is 0.486 e. The number of nitrogens with zero attached hydrogens (tertiary/aromatic N) is 2. The third-order valence-electron chi connectivity index (χ3n) is 4.76. The average molecular weight is 343 g/mol. The summed E-state index contributed by atoms with van der Waals surface area (Å²) in [4.78, 5) is 18.9. The van der Waals surface area contributed by atoms with Crippen LogP contribution in [-0.4, -0.2) is 55.2 Å². The lowest BCUT2D eigenvalue weighted by molar-refractivity contribution is 0.0702. The van der Waals surface area contributed by atoms with Crippen LogP contribution in [0.3, 0.4) is 0 Å². The number of fused-ring (bicyclic) bond motifs is 1. The number of rotatable bonds is 3. The zero-order valence-electron chi connectivity index (χ0n) is 14.2. The Balaban J connectivity index is 1.57. The Morgan fingerprint density at radius 2 is 1.96 bits per heavy atom. The molecule has 1 N–H and O–H groups in total. The fourth-order valence-electron chi connectivity index (χ4n) is 3.31. The number of hydrogen-bond donors (Lipinski definition) is 1. The van der Waals surface area contributed by atoms with Crippen molar-refractivity contribution >= 4 is 5.91 Å². The summed E-state index contributed by atoms with van der Waals surface area (Å²) in [6.07, 6.45) is 3.21. The molecule has 0 bridgehead atoms. The van der Waals surface area contributed by atoms with Crippen molar-refractivity contribution < 1.29 is 18.7 Å². The Bertz CT molecular complexity index is 765. The molecule has 0 saturated carbocycles. The lowest BCUT2D eigenvalue weighted by Crippen LogP contribution is -2.44. The number of carbonyl (C=O) groups is 1. The van der Waals surface area contributed by atoms with Crippen LogP contribution in [0, 0.1) is 0 Å². The fraction of sp³-hybridized carbons (Fsp3) is 0.444. The second-order valence-corrected chi connectivity index (χ2v) is 6.24. The average Bonchev–Trinajstić information content (AvgIpc) is 3.17. The molecule has 7 nitrogen and oxygen atoms in total. The highest BCUT2D eigenvalue weighted by molar-refractivity contribution is 5.97. The van der Waals surface area contributed by atoms with Gasteiger partial charge in [0.2, 0.25) is 0 Å². The third kappa shape index (κ3) is 3.07. The first-order chi connectivity index (χ1) is 12.3. The van der Waals surface area contributed by atoms with Gasteiger partial charge in [0.05, 0.1) is 0 Å². The lowest BCUT2D eigenvalue weighted by atomic mass is 10.0. The standard InChI is InChI=1S/C18H21N3O4/c1-19-13-4-6-21(7-5-13)18(22)16-17(25-11-20-16)12-2-3-14-15(10-12)24-9-8-23-14/h2-3,10-11,13,19H,4-9H2,1H3. The molecule has 25 heavy (non-hydrogen) atoms. The van der Waals surface area contributed by atoms with E-state index in [4.69, 9.17) is 13.9 Å². The molecule has 1 aromatic carbocycles. The van der Waals surface area contributed by atoms with Crippen LogP contribution in [0.2, 0.25) is 0 Å². The molecule has 1 saturated heterocycles. The molecule has 1 aromatic heterocycles. The van der Waals surface area contributed by atoms with Crippen molar-refractivity contribution in [3.8, 4) is 22.8 Å². The minimum absolute atomic E-state index is 0.0896. The van der Waals surface area contributed by atoms with Gasteiger partial charge >= 0.3 is 0 Å². The first-order valence-corrected chi connectivity index (χ1v) is 8.56. The quantitative estimate of drug-likeness (QED) is 0.918. The summed E-state index contributed by atoms with van der Waals surface area (Å²) in [5, 5.41) is 3.27. The summed E-state index contributed by atoms with van der Waals surface area (Å²) in [7, 11) is 1.96. The van der Waals surface area contributed by atoms with Crippen LogP contribution in [0.4, 0.5) is 0 Å². The van der Waals surface area contributed by atoms with Crippen molar-refractivity contribution in [3.05, 3.63) is 30.3 Å². The van der Waals surface area contributed by atoms with E-state index in [2.05, 4.69) is 10.3 Å². The second kappa shape index (κ2) is 6.76. The van der Waals surface area contributed by atoms with E-state index in [0.29, 0.717) is 42.2 Å². The molecule has 0 atom stereocenters. The highest BCUT2D eigenvalue weighted by atomic mass is 16.6. The zero-order valence-corrected chi connectivity index (χ0v) is 14.2. The molecular formula is C18H21N3O4. The Labute approximate surface area is 145 Å². The number of ether oxygens (including phenoxy) is 2. The molecule has 4 rings (SSSR count). The van der Waals surface area contributed by atoms with E-state index >= 15 is 0 Å². The van der Waals surface area contributed by atoms with Gasteiger partial charge in [-0.2, -0.15) is 0 Å². The highest BCUT2D eigenvalue weighted by Gasteiger charge is 2.28. The van der Waals surface area contributed by atoms with Gasteiger partial charge < -0.3 is 24.1 Å². The van der Waals surface area contributed by atoms with Gasteiger partial charge in [-0.05, 0) is 38.1 Å². The number of likely N-dealkylation sites (tertiary alicyclic amines) is 1. The zero-order chi connectivity index (χ0) is 17.2. The van der Waals surface area contributed by atoms with E-state index in [9.17, 15) is 4.79 Å². The molecule has 0 spiro atoms. The maximum Gasteiger partial charge on any atom is 0.276 e. The van der Waals surface area contributed by atoms with E-state index in [1.54, 1.807) is 0 Å². The molecule has 1 fully saturated rings. The van der Waals surface area contributed by atoms with Crippen LogP contribution in [-0.2, 0) is 0 Å². The normalized spacial score (nSPS) is 17.6. The van der Waals surface area contributed by atoms with Crippen LogP contribution < -0.4 is 14.8 Å². The van der Waals surface area contributed by atoms with Gasteiger partial charge in [0.1, 0.15) is 13.2 Å². The minimum Gasteiger partial charge on any atom is -0.486 e. The SMILES string of the molecule is CNC1CCN(C(=O)c2ncoc2-c2ccc3c(c2)OCCO3)CC1. The van der Waals surface area contributed by atoms with Gasteiger partial charge in [-0.3, -0.25) is 4.79 Å². The second-order valence-electron chi connectivity index (χ2n) is 6.24. The summed E-state index contributed by atoms with van der Waals surface area (Å²) in [5.74, 6) is 1.75. The molecule has 1 amide bonds. The minimum atomic E-state index is -0.0896. The number of oxazole rings is 1. The molecule has 0 aliphatic carbocycles. The number of amides is 1. The van der Waals surface area contributed by atoms with Crippen LogP contribution in [0.25, 0.3) is 11.3 Å². The number of nitrogens with one attached hydrogen (secondary N) is 1. The maximum absolute atomic E-state index is 12.9. The summed E-state index contributed by atoms with van der Waals surface area (Å²) in [5.41, 5.74) is 1.11. The Morgan fingerprint density at radius 1 is 1.20 bits per heavy atom. The molecule has 2 aliphatic rings. The van der Waals surface area contributed by atoms with Crippen molar-refractivity contribution in [2.75, 3.05) is 33.4 Å². The number of aromatic nitrogens is 1. The van der Waals surface area contributed by atoms with E-state index in [1.807, 2.05) is 30.1 Å². The van der Waals surface area contributed by atoms with Gasteiger partial charge in [-0.15, -0.1) is 0 Å². The van der Waals surface area contributed by atoms with E-state index in [-0.39, 0.29) is 5.91 Å². The fourth-order valence-corrected chi connectivity index (χ4v) is 3.31. The molecule has 0 unspecified atom stereocenters. The molecule has 2 aliphatic heterocycles. The Hall–Kier alpha value is -2.54. The third-order valence-corrected chi connectivity index (χ3v) is 4.76. The van der Waals surface area contributed by atoms with Gasteiger partial charge in [0.25, 0.3) is 5.91 Å². The number of piperidine rings is 1. The number of hydrogen-bond acceptors (Lipinski definition) is 6. The van der Waals surface area contributed by atoms with Crippen LogP contribution in [0.15, 0.2) is 29.0 Å². The predicted molar refractivity (Wildman–Crippen MR) is 90.9 cm³/mol. The first-order valence-electron chi connectivity index (χ1n) is 8.56. The summed E-state index contributed by atoms with van der Waals surface area (Å²) < 4.78 is 16.7. The van der Waals surface area contributed by atoms with Gasteiger partial charge in [0, 0.05) is 24.7 Å². The van der Waals surface area contributed by atoms with E-state index < -0.39 is 0 Å². The summed E-state index contributed by atoms with van der Waals surface area (Å²) in [6, 6.07) is 5.99. The lowest BCUT2D eigenvalue weighted by Gasteiger charge is -2.31. The van der Waals surface area contributed by atoms with Crippen molar-refractivity contribution in [2.45, 2.75) is 18.9 Å². The smallest absolute Gasteiger partial charge is 0.276 e. The first kappa shape index (κ1) is 16.0. The van der Waals surface area contributed by atoms with Gasteiger partial charge in [-0.25, -0.2) is 4.98 Å². The topological polar surface area (TPSA) is 76.8 Å². The summed E-state index contributed by atoms with van der Waals surface area (Å²) in [6.45, 7) is 2.50. The van der Waals surface area contributed by atoms with Crippen molar-refractivity contribution in [1.82, 2.24) is 15.2 Å².